The fourth-order valence-electron chi connectivity index (χ4n) is 2.10. The summed E-state index contributed by atoms with van der Waals surface area (Å²) in [5.74, 6) is -1.08. The number of carboxylic acids is 1. The first-order valence-electron chi connectivity index (χ1n) is 5.71. The smallest absolute Gasteiger partial charge is 0.310 e. The Morgan fingerprint density at radius 3 is 2.35 bits per heavy atom. The monoisotopic (exact) mass is 233 g/mol. The van der Waals surface area contributed by atoms with Crippen LogP contribution in [0.1, 0.15) is 25.7 Å². The van der Waals surface area contributed by atoms with Crippen molar-refractivity contribution in [3.8, 4) is 0 Å². The number of aliphatic carboxylic acids is 1. The Morgan fingerprint density at radius 2 is 1.88 bits per heavy atom. The van der Waals surface area contributed by atoms with E-state index in [0.717, 1.165) is 6.42 Å². The maximum atomic E-state index is 11.8. The molecule has 1 aliphatic carbocycles. The van der Waals surface area contributed by atoms with E-state index in [0.29, 0.717) is 18.5 Å². The zero-order valence-electron chi connectivity index (χ0n) is 9.48. The molecule has 0 aliphatic heterocycles. The number of hydrogen-bond donors (Lipinski definition) is 2. The number of para-hydroxylation sites is 1. The first kappa shape index (κ1) is 11.6. The van der Waals surface area contributed by atoms with Crippen LogP contribution in [0.2, 0.25) is 0 Å². The minimum Gasteiger partial charge on any atom is -0.481 e. The van der Waals surface area contributed by atoms with Gasteiger partial charge in [0.25, 0.3) is 0 Å². The van der Waals surface area contributed by atoms with Crippen molar-refractivity contribution in [1.82, 2.24) is 0 Å². The Hall–Kier alpha value is -1.84. The van der Waals surface area contributed by atoms with Gasteiger partial charge in [-0.15, -0.1) is 0 Å². The first-order valence-corrected chi connectivity index (χ1v) is 5.71. The van der Waals surface area contributed by atoms with E-state index in [-0.39, 0.29) is 12.3 Å². The largest absolute Gasteiger partial charge is 0.481 e. The molecule has 0 atom stereocenters. The summed E-state index contributed by atoms with van der Waals surface area (Å²) in [4.78, 5) is 22.9. The highest BCUT2D eigenvalue weighted by Gasteiger charge is 2.45. The number of carboxylic acid groups (broad SMARTS) is 1. The van der Waals surface area contributed by atoms with E-state index in [1.54, 1.807) is 12.1 Å². The van der Waals surface area contributed by atoms with Gasteiger partial charge in [-0.3, -0.25) is 9.59 Å². The fourth-order valence-corrected chi connectivity index (χ4v) is 2.10. The lowest BCUT2D eigenvalue weighted by atomic mass is 9.66. The minimum absolute atomic E-state index is 0.0667. The fraction of sp³-hybridized carbons (Fsp3) is 0.385. The van der Waals surface area contributed by atoms with Crippen LogP contribution < -0.4 is 5.32 Å². The Morgan fingerprint density at radius 1 is 1.24 bits per heavy atom. The van der Waals surface area contributed by atoms with Crippen molar-refractivity contribution < 1.29 is 14.7 Å². The van der Waals surface area contributed by atoms with Gasteiger partial charge < -0.3 is 10.4 Å². The summed E-state index contributed by atoms with van der Waals surface area (Å²) in [5, 5.41) is 11.8. The van der Waals surface area contributed by atoms with Crippen LogP contribution in [0.5, 0.6) is 0 Å². The highest BCUT2D eigenvalue weighted by Crippen LogP contribution is 2.44. The average Bonchev–Trinajstić information content (AvgIpc) is 2.24. The van der Waals surface area contributed by atoms with Crippen LogP contribution in [0.4, 0.5) is 5.69 Å². The maximum Gasteiger partial charge on any atom is 0.310 e. The van der Waals surface area contributed by atoms with Gasteiger partial charge in [0.05, 0.1) is 5.41 Å². The van der Waals surface area contributed by atoms with E-state index in [1.165, 1.54) is 0 Å². The molecule has 1 saturated carbocycles. The normalized spacial score (nSPS) is 16.9. The topological polar surface area (TPSA) is 66.4 Å². The average molecular weight is 233 g/mol. The summed E-state index contributed by atoms with van der Waals surface area (Å²) in [6, 6.07) is 9.08. The van der Waals surface area contributed by atoms with E-state index in [4.69, 9.17) is 5.11 Å². The number of hydrogen-bond acceptors (Lipinski definition) is 2. The van der Waals surface area contributed by atoms with Gasteiger partial charge in [-0.25, -0.2) is 0 Å². The SMILES string of the molecule is O=C(CC1(C(=O)O)CCC1)Nc1ccccc1. The number of carbonyl (C=O) groups is 2. The van der Waals surface area contributed by atoms with Crippen LogP contribution in [-0.4, -0.2) is 17.0 Å². The highest BCUT2D eigenvalue weighted by atomic mass is 16.4. The number of nitrogens with one attached hydrogen (secondary N) is 1. The van der Waals surface area contributed by atoms with E-state index >= 15 is 0 Å². The predicted octanol–water partition coefficient (Wildman–Crippen LogP) is 2.27. The molecule has 0 heterocycles. The summed E-state index contributed by atoms with van der Waals surface area (Å²) in [5.41, 5.74) is -0.115. The van der Waals surface area contributed by atoms with Gasteiger partial charge in [-0.05, 0) is 25.0 Å². The molecule has 4 nitrogen and oxygen atoms in total. The highest BCUT2D eigenvalue weighted by molar-refractivity contribution is 5.94. The zero-order chi connectivity index (χ0) is 12.3. The van der Waals surface area contributed by atoms with Crippen LogP contribution in [0.25, 0.3) is 0 Å². The summed E-state index contributed by atoms with van der Waals surface area (Å²) in [6.45, 7) is 0. The lowest BCUT2D eigenvalue weighted by Gasteiger charge is -2.36. The molecule has 0 spiro atoms. The summed E-state index contributed by atoms with van der Waals surface area (Å²) >= 11 is 0. The maximum absolute atomic E-state index is 11.8. The molecule has 2 N–H and O–H groups in total. The van der Waals surface area contributed by atoms with Gasteiger partial charge in [0.1, 0.15) is 0 Å². The number of benzene rings is 1. The van der Waals surface area contributed by atoms with E-state index in [9.17, 15) is 9.59 Å². The van der Waals surface area contributed by atoms with Crippen molar-refractivity contribution in [3.63, 3.8) is 0 Å². The van der Waals surface area contributed by atoms with Crippen LogP contribution in [0, 0.1) is 5.41 Å². The second-order valence-electron chi connectivity index (χ2n) is 4.53. The number of rotatable bonds is 4. The quantitative estimate of drug-likeness (QED) is 0.838. The van der Waals surface area contributed by atoms with Gasteiger partial charge in [0.2, 0.25) is 5.91 Å². The first-order chi connectivity index (χ1) is 8.12. The molecule has 1 aliphatic rings. The molecule has 1 fully saturated rings. The molecule has 4 heteroatoms. The molecule has 0 bridgehead atoms. The molecular weight excluding hydrogens is 218 g/mol. The van der Waals surface area contributed by atoms with Crippen molar-refractivity contribution >= 4 is 17.6 Å². The van der Waals surface area contributed by atoms with Gasteiger partial charge in [-0.2, -0.15) is 0 Å². The molecule has 0 saturated heterocycles. The Bertz CT molecular complexity index is 424. The van der Waals surface area contributed by atoms with Crippen molar-refractivity contribution in [1.29, 1.82) is 0 Å². The van der Waals surface area contributed by atoms with Crippen LogP contribution in [0.3, 0.4) is 0 Å². The molecule has 0 aromatic heterocycles. The minimum atomic E-state index is -0.855. The van der Waals surface area contributed by atoms with Gasteiger partial charge >= 0.3 is 5.97 Å². The summed E-state index contributed by atoms with van der Waals surface area (Å²) < 4.78 is 0. The number of carbonyl (C=O) groups excluding carboxylic acids is 1. The molecule has 90 valence electrons. The summed E-state index contributed by atoms with van der Waals surface area (Å²) in [6.07, 6.45) is 2.16. The van der Waals surface area contributed by atoms with Crippen LogP contribution in [0.15, 0.2) is 30.3 Å². The van der Waals surface area contributed by atoms with Crippen LogP contribution in [-0.2, 0) is 9.59 Å². The molecular formula is C13H15NO3. The van der Waals surface area contributed by atoms with E-state index in [2.05, 4.69) is 5.32 Å². The Kier molecular flexibility index (Phi) is 3.13. The van der Waals surface area contributed by atoms with Gasteiger partial charge in [-0.1, -0.05) is 24.6 Å². The third kappa shape index (κ3) is 2.46. The van der Waals surface area contributed by atoms with Crippen LogP contribution >= 0.6 is 0 Å². The molecule has 17 heavy (non-hydrogen) atoms. The van der Waals surface area contributed by atoms with Crippen molar-refractivity contribution in [2.45, 2.75) is 25.7 Å². The third-order valence-corrected chi connectivity index (χ3v) is 3.32. The Balaban J connectivity index is 1.96. The second-order valence-corrected chi connectivity index (χ2v) is 4.53. The third-order valence-electron chi connectivity index (χ3n) is 3.32. The molecule has 0 radical (unpaired) electrons. The molecule has 1 amide bonds. The molecule has 1 aromatic carbocycles. The zero-order valence-corrected chi connectivity index (χ0v) is 9.48. The van der Waals surface area contributed by atoms with Gasteiger partial charge in [0.15, 0.2) is 0 Å². The lowest BCUT2D eigenvalue weighted by molar-refractivity contribution is -0.157. The standard InChI is InChI=1S/C13H15NO3/c15-11(14-10-5-2-1-3-6-10)9-13(12(16)17)7-4-8-13/h1-3,5-6H,4,7-9H2,(H,14,15)(H,16,17). The Labute approximate surface area is 99.6 Å². The van der Waals surface area contributed by atoms with Crippen molar-refractivity contribution in [2.75, 3.05) is 5.32 Å². The number of anilines is 1. The second kappa shape index (κ2) is 4.57. The predicted molar refractivity (Wildman–Crippen MR) is 63.6 cm³/mol. The molecule has 2 rings (SSSR count). The lowest BCUT2D eigenvalue weighted by Crippen LogP contribution is -2.41. The summed E-state index contributed by atoms with van der Waals surface area (Å²) in [7, 11) is 0. The molecule has 0 unspecified atom stereocenters. The van der Waals surface area contributed by atoms with Crippen molar-refractivity contribution in [2.24, 2.45) is 5.41 Å². The van der Waals surface area contributed by atoms with Crippen molar-refractivity contribution in [3.05, 3.63) is 30.3 Å². The van der Waals surface area contributed by atoms with E-state index < -0.39 is 11.4 Å². The molecule has 1 aromatic rings. The number of amides is 1. The van der Waals surface area contributed by atoms with Gasteiger partial charge in [0, 0.05) is 12.1 Å². The van der Waals surface area contributed by atoms with E-state index in [1.807, 2.05) is 18.2 Å².